The van der Waals surface area contributed by atoms with E-state index in [-0.39, 0.29) is 11.9 Å². The number of halogens is 2. The molecule has 1 heterocycles. The van der Waals surface area contributed by atoms with Crippen LogP contribution in [-0.2, 0) is 9.47 Å². The van der Waals surface area contributed by atoms with Crippen molar-refractivity contribution in [3.63, 3.8) is 0 Å². The fourth-order valence-electron chi connectivity index (χ4n) is 2.25. The Kier molecular flexibility index (Phi) is 5.52. The van der Waals surface area contributed by atoms with Gasteiger partial charge in [-0.1, -0.05) is 18.7 Å². The molecule has 0 bridgehead atoms. The van der Waals surface area contributed by atoms with E-state index in [9.17, 15) is 8.78 Å². The van der Waals surface area contributed by atoms with Crippen LogP contribution >= 0.6 is 0 Å². The van der Waals surface area contributed by atoms with E-state index in [1.807, 2.05) is 6.07 Å². The molecule has 1 saturated heterocycles. The molecule has 1 aliphatic rings. The molecule has 4 nitrogen and oxygen atoms in total. The summed E-state index contributed by atoms with van der Waals surface area (Å²) in [6.07, 6.45) is -0.176. The normalized spacial score (nSPS) is 19.5. The predicted molar refractivity (Wildman–Crippen MR) is 74.4 cm³/mol. The fourth-order valence-corrected chi connectivity index (χ4v) is 2.25. The summed E-state index contributed by atoms with van der Waals surface area (Å²) in [5.74, 6) is 0.829. The van der Waals surface area contributed by atoms with E-state index in [1.54, 1.807) is 19.2 Å². The Hall–Kier alpha value is -1.66. The molecule has 116 valence electrons. The van der Waals surface area contributed by atoms with Gasteiger partial charge in [0.1, 0.15) is 11.5 Å². The molecule has 1 atom stereocenters. The maximum Gasteiger partial charge on any atom is 0.387 e. The second-order valence-electron chi connectivity index (χ2n) is 4.79. The van der Waals surface area contributed by atoms with Gasteiger partial charge in [0.2, 0.25) is 0 Å². The Labute approximate surface area is 122 Å². The summed E-state index contributed by atoms with van der Waals surface area (Å²) >= 11 is 0. The van der Waals surface area contributed by atoms with Crippen LogP contribution in [0.25, 0.3) is 0 Å². The van der Waals surface area contributed by atoms with Gasteiger partial charge in [0.25, 0.3) is 0 Å². The third-order valence-corrected chi connectivity index (χ3v) is 3.29. The number of hydrogen-bond acceptors (Lipinski definition) is 4. The summed E-state index contributed by atoms with van der Waals surface area (Å²) in [7, 11) is 1.59. The van der Waals surface area contributed by atoms with Crippen molar-refractivity contribution in [2.75, 3.05) is 33.4 Å². The van der Waals surface area contributed by atoms with Crippen LogP contribution in [0.4, 0.5) is 8.78 Å². The lowest BCUT2D eigenvalue weighted by Gasteiger charge is -2.33. The topological polar surface area (TPSA) is 30.9 Å². The molecule has 1 aromatic rings. The minimum atomic E-state index is -2.82. The number of benzene rings is 1. The molecule has 6 heteroatoms. The van der Waals surface area contributed by atoms with Gasteiger partial charge in [-0.15, -0.1) is 0 Å². The summed E-state index contributed by atoms with van der Waals surface area (Å²) in [5, 5.41) is 0. The number of alkyl halides is 2. The molecule has 0 aromatic heterocycles. The first kappa shape index (κ1) is 15.7. The molecule has 1 aromatic carbocycles. The smallest absolute Gasteiger partial charge is 0.387 e. The van der Waals surface area contributed by atoms with Crippen molar-refractivity contribution >= 4 is 0 Å². The summed E-state index contributed by atoms with van der Waals surface area (Å²) in [6.45, 7) is 3.62. The van der Waals surface area contributed by atoms with Crippen LogP contribution in [0.3, 0.4) is 0 Å². The molecular weight excluding hydrogens is 280 g/mol. The molecule has 1 unspecified atom stereocenters. The number of ether oxygens (including phenoxy) is 3. The quantitative estimate of drug-likeness (QED) is 0.756. The molecule has 0 aliphatic carbocycles. The van der Waals surface area contributed by atoms with E-state index in [0.717, 1.165) is 12.1 Å². The maximum atomic E-state index is 12.3. The van der Waals surface area contributed by atoms with Gasteiger partial charge in [0, 0.05) is 13.1 Å². The lowest BCUT2D eigenvalue weighted by molar-refractivity contribution is -0.0508. The Morgan fingerprint density at radius 2 is 2.33 bits per heavy atom. The first-order valence-corrected chi connectivity index (χ1v) is 6.69. The van der Waals surface area contributed by atoms with Crippen LogP contribution < -0.4 is 4.74 Å². The summed E-state index contributed by atoms with van der Waals surface area (Å²) in [5.41, 5.74) is 0.820. The van der Waals surface area contributed by atoms with E-state index >= 15 is 0 Å². The van der Waals surface area contributed by atoms with E-state index in [1.165, 1.54) is 6.07 Å². The molecule has 0 amide bonds. The zero-order valence-electron chi connectivity index (χ0n) is 11.9. The van der Waals surface area contributed by atoms with E-state index < -0.39 is 6.61 Å². The summed E-state index contributed by atoms with van der Waals surface area (Å²) in [4.78, 5) is 2.15. The van der Waals surface area contributed by atoms with Gasteiger partial charge in [-0.2, -0.15) is 8.78 Å². The molecule has 2 rings (SSSR count). The SMILES string of the molecule is C=C(CN1CCOC(c2cccc(OC(F)F)c2)C1)OC. The highest BCUT2D eigenvalue weighted by Crippen LogP contribution is 2.26. The number of methoxy groups -OCH3 is 1. The van der Waals surface area contributed by atoms with Gasteiger partial charge in [-0.3, -0.25) is 4.90 Å². The van der Waals surface area contributed by atoms with E-state index in [4.69, 9.17) is 9.47 Å². The Bertz CT molecular complexity index is 482. The van der Waals surface area contributed by atoms with E-state index in [0.29, 0.717) is 25.5 Å². The van der Waals surface area contributed by atoms with Crippen LogP contribution in [0.1, 0.15) is 11.7 Å². The molecule has 0 radical (unpaired) electrons. The monoisotopic (exact) mass is 299 g/mol. The highest BCUT2D eigenvalue weighted by Gasteiger charge is 2.23. The number of nitrogens with zero attached hydrogens (tertiary/aromatic N) is 1. The molecule has 0 spiro atoms. The Morgan fingerprint density at radius 1 is 1.52 bits per heavy atom. The minimum absolute atomic E-state index is 0.143. The van der Waals surface area contributed by atoms with E-state index in [2.05, 4.69) is 16.2 Å². The van der Waals surface area contributed by atoms with Crippen molar-refractivity contribution in [1.82, 2.24) is 4.90 Å². The zero-order valence-corrected chi connectivity index (χ0v) is 11.9. The Balaban J connectivity index is 2.02. The van der Waals surface area contributed by atoms with Crippen LogP contribution in [-0.4, -0.2) is 44.9 Å². The molecular formula is C15H19F2NO3. The standard InChI is InChI=1S/C15H19F2NO3/c1-11(19-2)9-18-6-7-20-14(10-18)12-4-3-5-13(8-12)21-15(16)17/h3-5,8,14-15H,1,6-7,9-10H2,2H3. The number of morpholine rings is 1. The predicted octanol–water partition coefficient (Wildman–Crippen LogP) is 2.82. The Morgan fingerprint density at radius 3 is 3.05 bits per heavy atom. The molecule has 1 aliphatic heterocycles. The van der Waals surface area contributed by atoms with Crippen molar-refractivity contribution < 1.29 is 23.0 Å². The van der Waals surface area contributed by atoms with Crippen molar-refractivity contribution in [3.05, 3.63) is 42.2 Å². The second kappa shape index (κ2) is 7.38. The third-order valence-electron chi connectivity index (χ3n) is 3.29. The fraction of sp³-hybridized carbons (Fsp3) is 0.467. The largest absolute Gasteiger partial charge is 0.500 e. The van der Waals surface area contributed by atoms with Gasteiger partial charge in [0.15, 0.2) is 0 Å². The molecule has 1 fully saturated rings. The average molecular weight is 299 g/mol. The van der Waals surface area contributed by atoms with Crippen LogP contribution in [0.5, 0.6) is 5.75 Å². The molecule has 21 heavy (non-hydrogen) atoms. The number of rotatable bonds is 6. The van der Waals surface area contributed by atoms with Crippen LogP contribution in [0, 0.1) is 0 Å². The molecule has 0 N–H and O–H groups in total. The van der Waals surface area contributed by atoms with Crippen LogP contribution in [0.2, 0.25) is 0 Å². The van der Waals surface area contributed by atoms with Crippen LogP contribution in [0.15, 0.2) is 36.6 Å². The zero-order chi connectivity index (χ0) is 15.2. The van der Waals surface area contributed by atoms with Gasteiger partial charge in [-0.25, -0.2) is 0 Å². The number of hydrogen-bond donors (Lipinski definition) is 0. The van der Waals surface area contributed by atoms with Crippen molar-refractivity contribution in [2.45, 2.75) is 12.7 Å². The van der Waals surface area contributed by atoms with Gasteiger partial charge >= 0.3 is 6.61 Å². The maximum absolute atomic E-state index is 12.3. The van der Waals surface area contributed by atoms with Gasteiger partial charge < -0.3 is 14.2 Å². The highest BCUT2D eigenvalue weighted by molar-refractivity contribution is 5.30. The lowest BCUT2D eigenvalue weighted by atomic mass is 10.1. The second-order valence-corrected chi connectivity index (χ2v) is 4.79. The van der Waals surface area contributed by atoms with Crippen molar-refractivity contribution in [1.29, 1.82) is 0 Å². The summed E-state index contributed by atoms with van der Waals surface area (Å²) < 4.78 is 39.7. The minimum Gasteiger partial charge on any atom is -0.500 e. The lowest BCUT2D eigenvalue weighted by Crippen LogP contribution is -2.39. The first-order chi connectivity index (χ1) is 10.1. The first-order valence-electron chi connectivity index (χ1n) is 6.69. The van der Waals surface area contributed by atoms with Gasteiger partial charge in [0.05, 0.1) is 26.4 Å². The van der Waals surface area contributed by atoms with Crippen molar-refractivity contribution in [2.24, 2.45) is 0 Å². The van der Waals surface area contributed by atoms with Gasteiger partial charge in [-0.05, 0) is 17.7 Å². The molecule has 0 saturated carbocycles. The highest BCUT2D eigenvalue weighted by atomic mass is 19.3. The summed E-state index contributed by atoms with van der Waals surface area (Å²) in [6, 6.07) is 6.62. The van der Waals surface area contributed by atoms with Crippen molar-refractivity contribution in [3.8, 4) is 5.75 Å². The third kappa shape index (κ3) is 4.68. The average Bonchev–Trinajstić information content (AvgIpc) is 2.47.